The topological polar surface area (TPSA) is 38.7 Å². The van der Waals surface area contributed by atoms with Crippen molar-refractivity contribution in [3.05, 3.63) is 29.8 Å². The lowest BCUT2D eigenvalue weighted by atomic mass is 9.74. The lowest BCUT2D eigenvalue weighted by Gasteiger charge is -2.32. The van der Waals surface area contributed by atoms with Crippen molar-refractivity contribution in [2.24, 2.45) is 0 Å². The standard InChI is InChI=1S/C14H18BF3O3/c1-12(2)13(3,4)21-15(20-12)10-8-6-5-7-9(10)11(19)14(16,17)18/h5-8,11,19H,1-4H3. The highest BCUT2D eigenvalue weighted by Gasteiger charge is 2.53. The molecule has 1 unspecified atom stereocenters. The predicted octanol–water partition coefficient (Wildman–Crippen LogP) is 2.58. The maximum absolute atomic E-state index is 12.8. The van der Waals surface area contributed by atoms with Crippen molar-refractivity contribution in [1.29, 1.82) is 0 Å². The van der Waals surface area contributed by atoms with Crippen LogP contribution < -0.4 is 5.46 Å². The Morgan fingerprint density at radius 2 is 1.52 bits per heavy atom. The molecule has 1 aliphatic heterocycles. The molecule has 0 saturated carbocycles. The lowest BCUT2D eigenvalue weighted by Crippen LogP contribution is -2.41. The molecule has 1 aromatic rings. The molecule has 0 amide bonds. The van der Waals surface area contributed by atoms with Crippen LogP contribution in [0.15, 0.2) is 24.3 Å². The average Bonchev–Trinajstić information content (AvgIpc) is 2.56. The fraction of sp³-hybridized carbons (Fsp3) is 0.571. The highest BCUT2D eigenvalue weighted by atomic mass is 19.4. The molecule has 7 heteroatoms. The number of halogens is 3. The summed E-state index contributed by atoms with van der Waals surface area (Å²) >= 11 is 0. The van der Waals surface area contributed by atoms with Crippen LogP contribution in [0.25, 0.3) is 0 Å². The molecule has 0 radical (unpaired) electrons. The minimum absolute atomic E-state index is 0.195. The van der Waals surface area contributed by atoms with Crippen LogP contribution in [0.1, 0.15) is 39.4 Å². The lowest BCUT2D eigenvalue weighted by molar-refractivity contribution is -0.206. The van der Waals surface area contributed by atoms with E-state index in [1.807, 2.05) is 27.7 Å². The van der Waals surface area contributed by atoms with Crippen LogP contribution in [0, 0.1) is 0 Å². The molecule has 1 heterocycles. The number of hydrogen-bond acceptors (Lipinski definition) is 3. The van der Waals surface area contributed by atoms with E-state index < -0.39 is 30.6 Å². The maximum Gasteiger partial charge on any atom is 0.495 e. The van der Waals surface area contributed by atoms with Gasteiger partial charge in [-0.1, -0.05) is 24.3 Å². The SMILES string of the molecule is CC1(C)OB(c2ccccc2C(O)C(F)(F)F)OC1(C)C. The first kappa shape index (κ1) is 16.3. The van der Waals surface area contributed by atoms with E-state index >= 15 is 0 Å². The Kier molecular flexibility index (Phi) is 3.89. The molecule has 1 saturated heterocycles. The molecule has 21 heavy (non-hydrogen) atoms. The predicted molar refractivity (Wildman–Crippen MR) is 73.2 cm³/mol. The van der Waals surface area contributed by atoms with E-state index in [-0.39, 0.29) is 11.0 Å². The molecule has 0 bridgehead atoms. The molecule has 0 aromatic heterocycles. The quantitative estimate of drug-likeness (QED) is 0.853. The van der Waals surface area contributed by atoms with Gasteiger partial charge in [0.15, 0.2) is 6.10 Å². The van der Waals surface area contributed by atoms with E-state index in [1.54, 1.807) is 6.07 Å². The molecule has 1 aromatic carbocycles. The molecule has 0 aliphatic carbocycles. The van der Waals surface area contributed by atoms with Gasteiger partial charge in [0, 0.05) is 0 Å². The Labute approximate surface area is 122 Å². The van der Waals surface area contributed by atoms with Gasteiger partial charge in [-0.2, -0.15) is 13.2 Å². The van der Waals surface area contributed by atoms with Gasteiger partial charge in [-0.25, -0.2) is 0 Å². The molecule has 116 valence electrons. The van der Waals surface area contributed by atoms with Gasteiger partial charge >= 0.3 is 13.3 Å². The van der Waals surface area contributed by atoms with Gasteiger partial charge in [-0.3, -0.25) is 0 Å². The number of rotatable bonds is 2. The summed E-state index contributed by atoms with van der Waals surface area (Å²) in [6.45, 7) is 7.26. The number of benzene rings is 1. The Hall–Kier alpha value is -1.05. The highest BCUT2D eigenvalue weighted by Crippen LogP contribution is 2.38. The molecule has 1 fully saturated rings. The number of aliphatic hydroxyl groups is 1. The van der Waals surface area contributed by atoms with E-state index in [9.17, 15) is 18.3 Å². The fourth-order valence-corrected chi connectivity index (χ4v) is 2.12. The first-order valence-corrected chi connectivity index (χ1v) is 6.65. The summed E-state index contributed by atoms with van der Waals surface area (Å²) in [7, 11) is -0.941. The summed E-state index contributed by atoms with van der Waals surface area (Å²) < 4.78 is 49.8. The second-order valence-electron chi connectivity index (χ2n) is 6.16. The molecular formula is C14H18BF3O3. The Bertz CT molecular complexity index is 512. The molecule has 2 rings (SSSR count). The van der Waals surface area contributed by atoms with Crippen LogP contribution in [-0.4, -0.2) is 29.6 Å². The van der Waals surface area contributed by atoms with E-state index in [1.165, 1.54) is 18.2 Å². The minimum atomic E-state index is -4.74. The first-order valence-electron chi connectivity index (χ1n) is 6.65. The van der Waals surface area contributed by atoms with Crippen molar-refractivity contribution in [3.63, 3.8) is 0 Å². The zero-order chi connectivity index (χ0) is 16.1. The van der Waals surface area contributed by atoms with Crippen molar-refractivity contribution in [2.45, 2.75) is 51.2 Å². The van der Waals surface area contributed by atoms with Gasteiger partial charge in [0.2, 0.25) is 0 Å². The van der Waals surface area contributed by atoms with Gasteiger partial charge < -0.3 is 14.4 Å². The van der Waals surface area contributed by atoms with Gasteiger partial charge in [0.1, 0.15) is 0 Å². The molecular weight excluding hydrogens is 284 g/mol. The largest absolute Gasteiger partial charge is 0.495 e. The summed E-state index contributed by atoms with van der Waals surface area (Å²) in [6, 6.07) is 5.75. The monoisotopic (exact) mass is 302 g/mol. The van der Waals surface area contributed by atoms with Gasteiger partial charge in [0.05, 0.1) is 11.2 Å². The summed E-state index contributed by atoms with van der Waals surface area (Å²) in [5, 5.41) is 9.52. The summed E-state index contributed by atoms with van der Waals surface area (Å²) in [5.74, 6) is 0. The van der Waals surface area contributed by atoms with Crippen molar-refractivity contribution in [3.8, 4) is 0 Å². The molecule has 3 nitrogen and oxygen atoms in total. The summed E-state index contributed by atoms with van der Waals surface area (Å²) in [6.07, 6.45) is -7.30. The van der Waals surface area contributed by atoms with E-state index in [0.717, 1.165) is 0 Å². The number of aliphatic hydroxyl groups excluding tert-OH is 1. The minimum Gasteiger partial charge on any atom is -0.399 e. The van der Waals surface area contributed by atoms with Crippen molar-refractivity contribution >= 4 is 12.6 Å². The maximum atomic E-state index is 12.8. The second kappa shape index (κ2) is 5.00. The smallest absolute Gasteiger partial charge is 0.399 e. The molecule has 0 spiro atoms. The van der Waals surface area contributed by atoms with Crippen LogP contribution >= 0.6 is 0 Å². The third-order valence-electron chi connectivity index (χ3n) is 4.11. The van der Waals surface area contributed by atoms with Gasteiger partial charge in [-0.05, 0) is 38.7 Å². The zero-order valence-corrected chi connectivity index (χ0v) is 12.4. The summed E-state index contributed by atoms with van der Waals surface area (Å²) in [4.78, 5) is 0. The Morgan fingerprint density at radius 3 is 2.00 bits per heavy atom. The molecule has 1 N–H and O–H groups in total. The van der Waals surface area contributed by atoms with Gasteiger partial charge in [0.25, 0.3) is 0 Å². The van der Waals surface area contributed by atoms with Crippen molar-refractivity contribution in [1.82, 2.24) is 0 Å². The van der Waals surface area contributed by atoms with E-state index in [0.29, 0.717) is 0 Å². The van der Waals surface area contributed by atoms with Crippen LogP contribution in [0.3, 0.4) is 0 Å². The van der Waals surface area contributed by atoms with Crippen molar-refractivity contribution < 1.29 is 27.6 Å². The van der Waals surface area contributed by atoms with Crippen LogP contribution in [-0.2, 0) is 9.31 Å². The fourth-order valence-electron chi connectivity index (χ4n) is 2.12. The normalized spacial score (nSPS) is 22.4. The summed E-state index contributed by atoms with van der Waals surface area (Å²) in [5.41, 5.74) is -1.37. The Balaban J connectivity index is 2.39. The third kappa shape index (κ3) is 2.95. The number of alkyl halides is 3. The molecule has 1 aliphatic rings. The first-order chi connectivity index (χ1) is 9.46. The van der Waals surface area contributed by atoms with E-state index in [2.05, 4.69) is 0 Å². The second-order valence-corrected chi connectivity index (χ2v) is 6.16. The van der Waals surface area contributed by atoms with Crippen molar-refractivity contribution in [2.75, 3.05) is 0 Å². The zero-order valence-electron chi connectivity index (χ0n) is 12.4. The third-order valence-corrected chi connectivity index (χ3v) is 4.11. The highest BCUT2D eigenvalue weighted by molar-refractivity contribution is 6.62. The van der Waals surface area contributed by atoms with Crippen LogP contribution in [0.4, 0.5) is 13.2 Å². The van der Waals surface area contributed by atoms with Gasteiger partial charge in [-0.15, -0.1) is 0 Å². The van der Waals surface area contributed by atoms with Crippen LogP contribution in [0.2, 0.25) is 0 Å². The van der Waals surface area contributed by atoms with Crippen LogP contribution in [0.5, 0.6) is 0 Å². The average molecular weight is 302 g/mol. The van der Waals surface area contributed by atoms with E-state index in [4.69, 9.17) is 9.31 Å². The number of hydrogen-bond donors (Lipinski definition) is 1. The molecule has 1 atom stereocenters. The Morgan fingerprint density at radius 1 is 1.05 bits per heavy atom.